The molecule has 2 aliphatic rings. The number of fused-ring (bicyclic) bond motifs is 1. The number of benzene rings is 1. The Balaban J connectivity index is 1.74. The Morgan fingerprint density at radius 2 is 1.81 bits per heavy atom. The molecule has 2 aliphatic carbocycles. The fourth-order valence-electron chi connectivity index (χ4n) is 4.49. The van der Waals surface area contributed by atoms with Crippen molar-refractivity contribution in [1.82, 2.24) is 0 Å². The largest absolute Gasteiger partial charge is 0.497 e. The molecule has 0 unspecified atom stereocenters. The first-order valence-corrected chi connectivity index (χ1v) is 11.7. The molecule has 1 saturated carbocycles. The fourth-order valence-corrected chi connectivity index (χ4v) is 4.49. The van der Waals surface area contributed by atoms with Crippen LogP contribution >= 0.6 is 0 Å². The summed E-state index contributed by atoms with van der Waals surface area (Å²) in [6, 6.07) is 2.10. The highest BCUT2D eigenvalue weighted by molar-refractivity contribution is 5.59. The van der Waals surface area contributed by atoms with Crippen LogP contribution in [0.15, 0.2) is 41.2 Å². The summed E-state index contributed by atoms with van der Waals surface area (Å²) in [5.74, 6) is 3.73. The summed E-state index contributed by atoms with van der Waals surface area (Å²) in [5.41, 5.74) is 4.93. The van der Waals surface area contributed by atoms with Crippen LogP contribution in [0.5, 0.6) is 17.2 Å². The molecule has 0 radical (unpaired) electrons. The van der Waals surface area contributed by atoms with Gasteiger partial charge in [-0.05, 0) is 87.0 Å². The third-order valence-corrected chi connectivity index (χ3v) is 6.45. The summed E-state index contributed by atoms with van der Waals surface area (Å²) in [4.78, 5) is 0. The molecule has 5 heteroatoms. The van der Waals surface area contributed by atoms with Gasteiger partial charge >= 0.3 is 0 Å². The number of ether oxygens (including phenoxy) is 4. The number of aliphatic hydroxyl groups is 1. The Morgan fingerprint density at radius 3 is 2.44 bits per heavy atom. The van der Waals surface area contributed by atoms with Crippen LogP contribution in [0.2, 0.25) is 0 Å². The van der Waals surface area contributed by atoms with E-state index < -0.39 is 0 Å². The maximum atomic E-state index is 9.76. The Kier molecular flexibility index (Phi) is 9.10. The summed E-state index contributed by atoms with van der Waals surface area (Å²) in [6.07, 6.45) is 15.9. The number of methoxy groups -OCH3 is 4. The number of aryl methyl sites for hydroxylation is 1. The van der Waals surface area contributed by atoms with Crippen LogP contribution in [-0.2, 0) is 17.6 Å². The lowest BCUT2D eigenvalue weighted by atomic mass is 9.96. The molecule has 5 nitrogen and oxygen atoms in total. The third kappa shape index (κ3) is 6.10. The molecule has 1 aromatic rings. The van der Waals surface area contributed by atoms with Crippen molar-refractivity contribution in [3.8, 4) is 17.2 Å². The monoisotopic (exact) mass is 442 g/mol. The zero-order chi connectivity index (χ0) is 22.9. The van der Waals surface area contributed by atoms with E-state index >= 15 is 0 Å². The van der Waals surface area contributed by atoms with E-state index in [0.717, 1.165) is 73.7 Å². The lowest BCUT2D eigenvalue weighted by Gasteiger charge is -2.19. The van der Waals surface area contributed by atoms with Crippen molar-refractivity contribution in [2.45, 2.75) is 57.8 Å². The average molecular weight is 443 g/mol. The molecule has 0 aromatic heterocycles. The standard InChI is InChI=1S/C27H38O5/c1-29-24(22(18-28)16-20-12-13-20)11-7-9-19-8-5-6-10-23-21(15-14-19)17-25(30-2)27(32-4)26(23)31-3/h7-8,11,17,20,28H,5-6,9-10,12-16,18H2,1-4H3/b11-7-,19-8-,24-22+. The van der Waals surface area contributed by atoms with Crippen LogP contribution in [0.1, 0.15) is 56.1 Å². The first kappa shape index (κ1) is 24.2. The van der Waals surface area contributed by atoms with Gasteiger partial charge in [-0.2, -0.15) is 0 Å². The van der Waals surface area contributed by atoms with Crippen LogP contribution in [-0.4, -0.2) is 40.2 Å². The highest BCUT2D eigenvalue weighted by atomic mass is 16.5. The molecular formula is C27H38O5. The van der Waals surface area contributed by atoms with E-state index in [1.165, 1.54) is 29.5 Å². The second-order valence-electron chi connectivity index (χ2n) is 8.62. The Bertz CT molecular complexity index is 861. The fraction of sp³-hybridized carbons (Fsp3) is 0.556. The van der Waals surface area contributed by atoms with E-state index in [4.69, 9.17) is 18.9 Å². The number of hydrogen-bond acceptors (Lipinski definition) is 5. The van der Waals surface area contributed by atoms with Gasteiger partial charge in [-0.25, -0.2) is 0 Å². The van der Waals surface area contributed by atoms with Crippen molar-refractivity contribution in [3.63, 3.8) is 0 Å². The quantitative estimate of drug-likeness (QED) is 0.293. The molecule has 0 spiro atoms. The predicted molar refractivity (Wildman–Crippen MR) is 128 cm³/mol. The van der Waals surface area contributed by atoms with Crippen molar-refractivity contribution in [3.05, 3.63) is 52.3 Å². The summed E-state index contributed by atoms with van der Waals surface area (Å²) >= 11 is 0. The summed E-state index contributed by atoms with van der Waals surface area (Å²) in [7, 11) is 6.71. The zero-order valence-electron chi connectivity index (χ0n) is 20.0. The molecule has 1 fully saturated rings. The van der Waals surface area contributed by atoms with Gasteiger partial charge in [0.1, 0.15) is 5.76 Å². The summed E-state index contributed by atoms with van der Waals surface area (Å²) in [6.45, 7) is 0.0661. The maximum absolute atomic E-state index is 9.76. The molecule has 1 N–H and O–H groups in total. The second kappa shape index (κ2) is 12.0. The van der Waals surface area contributed by atoms with Crippen molar-refractivity contribution in [2.75, 3.05) is 35.0 Å². The smallest absolute Gasteiger partial charge is 0.203 e. The topological polar surface area (TPSA) is 57.2 Å². The van der Waals surface area contributed by atoms with Crippen molar-refractivity contribution < 1.29 is 24.1 Å². The normalized spacial score (nSPS) is 19.1. The van der Waals surface area contributed by atoms with Crippen molar-refractivity contribution in [2.24, 2.45) is 5.92 Å². The minimum Gasteiger partial charge on any atom is -0.497 e. The molecule has 0 aliphatic heterocycles. The van der Waals surface area contributed by atoms with Crippen LogP contribution < -0.4 is 14.2 Å². The Labute approximate surface area is 192 Å². The molecule has 176 valence electrons. The molecule has 3 rings (SSSR count). The summed E-state index contributed by atoms with van der Waals surface area (Å²) in [5, 5.41) is 9.76. The third-order valence-electron chi connectivity index (χ3n) is 6.45. The molecule has 0 bridgehead atoms. The van der Waals surface area contributed by atoms with E-state index in [-0.39, 0.29) is 6.61 Å². The minimum atomic E-state index is 0.0661. The van der Waals surface area contributed by atoms with E-state index in [0.29, 0.717) is 5.75 Å². The van der Waals surface area contributed by atoms with Crippen LogP contribution in [0.4, 0.5) is 0 Å². The van der Waals surface area contributed by atoms with Crippen LogP contribution in [0, 0.1) is 5.92 Å². The summed E-state index contributed by atoms with van der Waals surface area (Å²) < 4.78 is 22.5. The SMILES string of the molecule is COC(/C=C\C/C1=C/CCCc2c(cc(OC)c(OC)c2OC)CC1)=C(/CO)CC1CC1. The minimum absolute atomic E-state index is 0.0661. The van der Waals surface area contributed by atoms with Gasteiger partial charge in [0.2, 0.25) is 5.75 Å². The van der Waals surface area contributed by atoms with Crippen molar-refractivity contribution >= 4 is 0 Å². The van der Waals surface area contributed by atoms with E-state index in [9.17, 15) is 5.11 Å². The Hall–Kier alpha value is -2.40. The van der Waals surface area contributed by atoms with Gasteiger partial charge in [0, 0.05) is 5.56 Å². The van der Waals surface area contributed by atoms with Crippen LogP contribution in [0.25, 0.3) is 0 Å². The van der Waals surface area contributed by atoms with Gasteiger partial charge in [-0.15, -0.1) is 0 Å². The number of aliphatic hydroxyl groups excluding tert-OH is 1. The molecular weight excluding hydrogens is 404 g/mol. The Morgan fingerprint density at radius 1 is 1.03 bits per heavy atom. The van der Waals surface area contributed by atoms with Gasteiger partial charge in [-0.3, -0.25) is 0 Å². The van der Waals surface area contributed by atoms with Gasteiger partial charge in [-0.1, -0.05) is 17.7 Å². The number of rotatable bonds is 10. The lowest BCUT2D eigenvalue weighted by molar-refractivity contribution is 0.275. The predicted octanol–water partition coefficient (Wildman–Crippen LogP) is 5.55. The number of hydrogen-bond donors (Lipinski definition) is 1. The number of allylic oxidation sites excluding steroid dienone is 4. The van der Waals surface area contributed by atoms with E-state index in [1.807, 2.05) is 6.08 Å². The molecule has 1 aromatic carbocycles. The molecule has 0 amide bonds. The van der Waals surface area contributed by atoms with Gasteiger partial charge in [0.15, 0.2) is 11.5 Å². The van der Waals surface area contributed by atoms with Gasteiger partial charge in [0.25, 0.3) is 0 Å². The molecule has 0 saturated heterocycles. The van der Waals surface area contributed by atoms with E-state index in [1.54, 1.807) is 28.4 Å². The molecule has 32 heavy (non-hydrogen) atoms. The highest BCUT2D eigenvalue weighted by Crippen LogP contribution is 2.43. The highest BCUT2D eigenvalue weighted by Gasteiger charge is 2.24. The van der Waals surface area contributed by atoms with Gasteiger partial charge in [0.05, 0.1) is 35.0 Å². The van der Waals surface area contributed by atoms with Gasteiger partial charge < -0.3 is 24.1 Å². The van der Waals surface area contributed by atoms with Crippen molar-refractivity contribution in [1.29, 1.82) is 0 Å². The first-order valence-electron chi connectivity index (χ1n) is 11.7. The average Bonchev–Trinajstić information content (AvgIpc) is 3.63. The zero-order valence-corrected chi connectivity index (χ0v) is 20.0. The molecule has 0 heterocycles. The second-order valence-corrected chi connectivity index (χ2v) is 8.62. The van der Waals surface area contributed by atoms with Crippen LogP contribution in [0.3, 0.4) is 0 Å². The molecule has 0 atom stereocenters. The maximum Gasteiger partial charge on any atom is 0.203 e. The van der Waals surface area contributed by atoms with E-state index in [2.05, 4.69) is 18.2 Å². The lowest BCUT2D eigenvalue weighted by Crippen LogP contribution is -2.04. The first-order chi connectivity index (χ1) is 15.6.